The van der Waals surface area contributed by atoms with Crippen LogP contribution >= 0.6 is 12.6 Å². The molecule has 0 bridgehead atoms. The van der Waals surface area contributed by atoms with Crippen molar-refractivity contribution in [1.82, 2.24) is 5.48 Å². The van der Waals surface area contributed by atoms with E-state index in [1.165, 1.54) is 0 Å². The Hall–Kier alpha value is -0.440. The van der Waals surface area contributed by atoms with E-state index >= 15 is 0 Å². The summed E-state index contributed by atoms with van der Waals surface area (Å²) in [6.07, 6.45) is -0.677. The molecule has 0 aromatic carbocycles. The number of rotatable bonds is 5. The number of carboxylic acids is 1. The molecular formula is C7H12N3NaO4S. The van der Waals surface area contributed by atoms with Crippen molar-refractivity contribution in [1.29, 1.82) is 0 Å². The number of carboxylic acid groups (broad SMARTS) is 1. The molecule has 0 spiro atoms. The van der Waals surface area contributed by atoms with Crippen molar-refractivity contribution in [3.05, 3.63) is 0 Å². The Morgan fingerprint density at radius 1 is 1.44 bits per heavy atom. The van der Waals surface area contributed by atoms with Crippen molar-refractivity contribution >= 4 is 30.5 Å². The molecule has 0 fully saturated rings. The minimum absolute atomic E-state index is 0. The number of nitrogens with one attached hydrogen (secondary N) is 1. The van der Waals surface area contributed by atoms with Gasteiger partial charge in [0.25, 0.3) is 0 Å². The quantitative estimate of drug-likeness (QED) is 0.149. The van der Waals surface area contributed by atoms with Gasteiger partial charge in [0.15, 0.2) is 0 Å². The zero-order valence-electron chi connectivity index (χ0n) is 8.93. The molecule has 86 valence electrons. The van der Waals surface area contributed by atoms with Crippen LogP contribution in [-0.4, -0.2) is 30.2 Å². The third kappa shape index (κ3) is 11.6. The van der Waals surface area contributed by atoms with Crippen molar-refractivity contribution in [2.24, 2.45) is 10.7 Å². The average Bonchev–Trinajstić information content (AvgIpc) is 2.20. The van der Waals surface area contributed by atoms with Crippen LogP contribution in [0.5, 0.6) is 0 Å². The molecule has 3 N–H and O–H groups in total. The van der Waals surface area contributed by atoms with E-state index in [4.69, 9.17) is 5.73 Å². The van der Waals surface area contributed by atoms with Crippen molar-refractivity contribution in [3.63, 3.8) is 0 Å². The van der Waals surface area contributed by atoms with Gasteiger partial charge in [-0.1, -0.05) is 0 Å². The van der Waals surface area contributed by atoms with Crippen LogP contribution < -0.4 is 45.9 Å². The van der Waals surface area contributed by atoms with E-state index in [1.807, 2.05) is 0 Å². The number of nitrogens with two attached hydrogens (primary N) is 1. The van der Waals surface area contributed by atoms with Gasteiger partial charge in [-0.2, -0.15) is 18.1 Å². The van der Waals surface area contributed by atoms with Crippen LogP contribution in [0.25, 0.3) is 0 Å². The minimum atomic E-state index is -1.32. The number of carbonyl (C=O) groups excluding carboxylic acids is 2. The number of nitrogens with zero attached hydrogens (tertiary/aromatic N) is 1. The molecule has 0 radical (unpaired) electrons. The maximum Gasteiger partial charge on any atom is 1.00 e. The SMILES string of the molecule is NC(=NCCS)NOC(=O)CCC(=O)[O-].[Na+]. The predicted octanol–water partition coefficient (Wildman–Crippen LogP) is -5.19. The molecule has 0 rings (SSSR count). The number of hydroxylamine groups is 1. The normalized spacial score (nSPS) is 10.2. The molecule has 0 atom stereocenters. The molecule has 0 aliphatic heterocycles. The van der Waals surface area contributed by atoms with Crippen LogP contribution in [0.15, 0.2) is 4.99 Å². The average molecular weight is 257 g/mol. The Balaban J connectivity index is 0. The maximum atomic E-state index is 10.8. The van der Waals surface area contributed by atoms with Crippen LogP contribution in [0.3, 0.4) is 0 Å². The first-order chi connectivity index (χ1) is 7.06. The molecule has 7 nitrogen and oxygen atoms in total. The van der Waals surface area contributed by atoms with Crippen molar-refractivity contribution in [3.8, 4) is 0 Å². The van der Waals surface area contributed by atoms with Gasteiger partial charge in [0.1, 0.15) is 0 Å². The Labute approximate surface area is 120 Å². The van der Waals surface area contributed by atoms with E-state index < -0.39 is 18.4 Å². The van der Waals surface area contributed by atoms with Gasteiger partial charge in [0.05, 0.1) is 13.0 Å². The minimum Gasteiger partial charge on any atom is -0.550 e. The summed E-state index contributed by atoms with van der Waals surface area (Å²) < 4.78 is 0. The van der Waals surface area contributed by atoms with Gasteiger partial charge < -0.3 is 20.5 Å². The molecule has 16 heavy (non-hydrogen) atoms. The fourth-order valence-electron chi connectivity index (χ4n) is 0.567. The summed E-state index contributed by atoms with van der Waals surface area (Å²) in [5, 5.41) is 9.99. The summed E-state index contributed by atoms with van der Waals surface area (Å²) >= 11 is 3.89. The topological polar surface area (TPSA) is 117 Å². The third-order valence-corrected chi connectivity index (χ3v) is 1.38. The van der Waals surface area contributed by atoms with Crippen molar-refractivity contribution in [2.45, 2.75) is 12.8 Å². The summed E-state index contributed by atoms with van der Waals surface area (Å²) in [7, 11) is 0. The monoisotopic (exact) mass is 257 g/mol. The molecular weight excluding hydrogens is 245 g/mol. The number of hydrogen-bond donors (Lipinski definition) is 3. The van der Waals surface area contributed by atoms with Crippen molar-refractivity contribution < 1.29 is 49.1 Å². The van der Waals surface area contributed by atoms with Crippen LogP contribution in [0.4, 0.5) is 0 Å². The smallest absolute Gasteiger partial charge is 0.550 e. The van der Waals surface area contributed by atoms with Crippen LogP contribution in [0.2, 0.25) is 0 Å². The summed E-state index contributed by atoms with van der Waals surface area (Å²) in [4.78, 5) is 28.9. The standard InChI is InChI=1S/C7H13N3O4S.Na/c8-7(9-3-4-15)10-14-6(13)2-1-5(11)12;/h15H,1-4H2,(H,11,12)(H3,8,9,10);/q;+1/p-1. The maximum absolute atomic E-state index is 10.8. The number of thiol groups is 1. The van der Waals surface area contributed by atoms with Crippen LogP contribution in [0.1, 0.15) is 12.8 Å². The van der Waals surface area contributed by atoms with Gasteiger partial charge >= 0.3 is 35.5 Å². The number of carbonyl (C=O) groups is 2. The summed E-state index contributed by atoms with van der Waals surface area (Å²) in [5.41, 5.74) is 7.33. The molecule has 0 aromatic heterocycles. The van der Waals surface area contributed by atoms with E-state index in [0.717, 1.165) is 0 Å². The van der Waals surface area contributed by atoms with Gasteiger partial charge in [0, 0.05) is 11.7 Å². The fraction of sp³-hybridized carbons (Fsp3) is 0.571. The molecule has 0 amide bonds. The van der Waals surface area contributed by atoms with Crippen molar-refractivity contribution in [2.75, 3.05) is 12.3 Å². The van der Waals surface area contributed by atoms with Gasteiger partial charge in [-0.3, -0.25) is 4.99 Å². The zero-order chi connectivity index (χ0) is 11.7. The van der Waals surface area contributed by atoms with Gasteiger partial charge in [-0.15, -0.1) is 0 Å². The third-order valence-electron chi connectivity index (χ3n) is 1.18. The Morgan fingerprint density at radius 2 is 2.06 bits per heavy atom. The predicted molar refractivity (Wildman–Crippen MR) is 53.8 cm³/mol. The molecule has 0 heterocycles. The van der Waals surface area contributed by atoms with E-state index in [9.17, 15) is 14.7 Å². The summed E-state index contributed by atoms with van der Waals surface area (Å²) in [6.45, 7) is 0.387. The van der Waals surface area contributed by atoms with Gasteiger partial charge in [-0.25, -0.2) is 4.79 Å². The summed E-state index contributed by atoms with van der Waals surface area (Å²) in [6, 6.07) is 0. The fourth-order valence-corrected chi connectivity index (χ4v) is 0.667. The molecule has 0 aliphatic rings. The van der Waals surface area contributed by atoms with E-state index in [1.54, 1.807) is 0 Å². The molecule has 9 heteroatoms. The van der Waals surface area contributed by atoms with Gasteiger partial charge in [-0.05, 0) is 6.42 Å². The number of aliphatic imine (C=N–C) groups is 1. The van der Waals surface area contributed by atoms with Crippen LogP contribution in [0, 0.1) is 0 Å². The number of aliphatic carboxylic acids is 1. The Bertz CT molecular complexity index is 262. The first kappa shape index (κ1) is 17.9. The molecule has 0 saturated carbocycles. The van der Waals surface area contributed by atoms with E-state index in [0.29, 0.717) is 12.3 Å². The number of guanidine groups is 1. The second kappa shape index (κ2) is 11.1. The second-order valence-electron chi connectivity index (χ2n) is 2.44. The second-order valence-corrected chi connectivity index (χ2v) is 2.89. The van der Waals surface area contributed by atoms with E-state index in [2.05, 4.69) is 27.9 Å². The zero-order valence-corrected chi connectivity index (χ0v) is 11.8. The Morgan fingerprint density at radius 3 is 2.56 bits per heavy atom. The van der Waals surface area contributed by atoms with Gasteiger partial charge in [0.2, 0.25) is 5.96 Å². The summed E-state index contributed by atoms with van der Waals surface area (Å²) in [5.74, 6) is -1.61. The van der Waals surface area contributed by atoms with Crippen LogP contribution in [-0.2, 0) is 14.4 Å². The number of hydrogen-bond acceptors (Lipinski definition) is 6. The molecule has 0 aromatic rings. The molecule has 0 saturated heterocycles. The largest absolute Gasteiger partial charge is 1.00 e. The molecule has 0 unspecified atom stereocenters. The Kier molecular flexibility index (Phi) is 12.4. The molecule has 0 aliphatic carbocycles. The van der Waals surface area contributed by atoms with E-state index in [-0.39, 0.29) is 41.9 Å². The first-order valence-electron chi connectivity index (χ1n) is 4.12. The first-order valence-corrected chi connectivity index (χ1v) is 4.75.